The number of hydrogen-bond donors (Lipinski definition) is 1. The van der Waals surface area contributed by atoms with Gasteiger partial charge in [0.25, 0.3) is 15.9 Å². The Bertz CT molecular complexity index is 1500. The van der Waals surface area contributed by atoms with Crippen molar-refractivity contribution in [3.8, 4) is 0 Å². The van der Waals surface area contributed by atoms with E-state index >= 15 is 0 Å². The molecular formula is C26H23FN4O3S. The van der Waals surface area contributed by atoms with Crippen LogP contribution in [0.2, 0.25) is 0 Å². The summed E-state index contributed by atoms with van der Waals surface area (Å²) in [6, 6.07) is 23.3. The van der Waals surface area contributed by atoms with E-state index in [1.807, 2.05) is 36.4 Å². The number of carbonyl (C=O) groups excluding carboxylic acids is 1. The summed E-state index contributed by atoms with van der Waals surface area (Å²) in [6.07, 6.45) is 0. The summed E-state index contributed by atoms with van der Waals surface area (Å²) in [5.74, 6) is -0.0655. The summed E-state index contributed by atoms with van der Waals surface area (Å²) in [6.45, 7) is 2.20. The van der Waals surface area contributed by atoms with Crippen LogP contribution in [-0.4, -0.2) is 50.4 Å². The lowest BCUT2D eigenvalue weighted by atomic mass is 10.1. The van der Waals surface area contributed by atoms with Gasteiger partial charge in [-0.3, -0.25) is 9.52 Å². The van der Waals surface area contributed by atoms with Gasteiger partial charge in [-0.05, 0) is 48.5 Å². The number of benzene rings is 3. The summed E-state index contributed by atoms with van der Waals surface area (Å²) in [7, 11) is -4.06. The predicted molar refractivity (Wildman–Crippen MR) is 134 cm³/mol. The number of piperazine rings is 1. The van der Waals surface area contributed by atoms with Crippen LogP contribution in [0.1, 0.15) is 10.4 Å². The highest BCUT2D eigenvalue weighted by Gasteiger charge is 2.24. The molecule has 178 valence electrons. The fourth-order valence-corrected chi connectivity index (χ4v) is 5.21. The minimum Gasteiger partial charge on any atom is -0.353 e. The van der Waals surface area contributed by atoms with Crippen molar-refractivity contribution >= 4 is 38.3 Å². The van der Waals surface area contributed by atoms with Gasteiger partial charge in [0.05, 0.1) is 16.1 Å². The summed E-state index contributed by atoms with van der Waals surface area (Å²) in [4.78, 5) is 21.6. The summed E-state index contributed by atoms with van der Waals surface area (Å²) in [5.41, 5.74) is 1.03. The van der Waals surface area contributed by atoms with Crippen LogP contribution >= 0.6 is 0 Å². The van der Waals surface area contributed by atoms with Crippen molar-refractivity contribution in [2.24, 2.45) is 0 Å². The number of nitrogens with zero attached hydrogens (tertiary/aromatic N) is 3. The fraction of sp³-hybridized carbons (Fsp3) is 0.154. The largest absolute Gasteiger partial charge is 0.353 e. The third-order valence-electron chi connectivity index (χ3n) is 5.98. The number of aromatic nitrogens is 1. The number of carbonyl (C=O) groups is 1. The number of rotatable bonds is 5. The fourth-order valence-electron chi connectivity index (χ4n) is 4.10. The maximum absolute atomic E-state index is 13.9. The van der Waals surface area contributed by atoms with Crippen LogP contribution in [-0.2, 0) is 10.0 Å². The van der Waals surface area contributed by atoms with Crippen molar-refractivity contribution in [3.05, 3.63) is 96.3 Å². The highest BCUT2D eigenvalue weighted by Crippen LogP contribution is 2.22. The van der Waals surface area contributed by atoms with Gasteiger partial charge in [-0.25, -0.2) is 17.8 Å². The first-order chi connectivity index (χ1) is 16.9. The molecule has 0 unspecified atom stereocenters. The lowest BCUT2D eigenvalue weighted by molar-refractivity contribution is 0.0746. The van der Waals surface area contributed by atoms with E-state index in [0.717, 1.165) is 16.7 Å². The van der Waals surface area contributed by atoms with E-state index in [9.17, 15) is 17.6 Å². The van der Waals surface area contributed by atoms with Crippen molar-refractivity contribution < 1.29 is 17.6 Å². The van der Waals surface area contributed by atoms with Crippen molar-refractivity contribution in [1.29, 1.82) is 0 Å². The molecule has 1 amide bonds. The van der Waals surface area contributed by atoms with E-state index in [1.165, 1.54) is 42.5 Å². The van der Waals surface area contributed by atoms with E-state index in [0.29, 0.717) is 26.2 Å². The topological polar surface area (TPSA) is 82.6 Å². The van der Waals surface area contributed by atoms with E-state index in [2.05, 4.69) is 9.62 Å². The molecule has 0 saturated carbocycles. The zero-order valence-electron chi connectivity index (χ0n) is 18.8. The average molecular weight is 491 g/mol. The molecular weight excluding hydrogens is 467 g/mol. The molecule has 1 fully saturated rings. The van der Waals surface area contributed by atoms with E-state index in [4.69, 9.17) is 4.98 Å². The molecule has 3 aromatic carbocycles. The Morgan fingerprint density at radius 2 is 1.60 bits per heavy atom. The Kier molecular flexibility index (Phi) is 6.08. The molecule has 5 rings (SSSR count). The maximum Gasteiger partial charge on any atom is 0.262 e. The minimum atomic E-state index is -4.06. The second-order valence-electron chi connectivity index (χ2n) is 8.25. The van der Waals surface area contributed by atoms with Crippen LogP contribution in [0.3, 0.4) is 0 Å². The molecule has 9 heteroatoms. The molecule has 1 aliphatic heterocycles. The quantitative estimate of drug-likeness (QED) is 0.455. The zero-order valence-corrected chi connectivity index (χ0v) is 19.6. The van der Waals surface area contributed by atoms with Gasteiger partial charge in [0, 0.05) is 37.1 Å². The first-order valence-corrected chi connectivity index (χ1v) is 12.7. The van der Waals surface area contributed by atoms with Gasteiger partial charge in [0.2, 0.25) is 0 Å². The Morgan fingerprint density at radius 1 is 0.857 bits per heavy atom. The predicted octanol–water partition coefficient (Wildman–Crippen LogP) is 4.14. The Labute approximate surface area is 202 Å². The van der Waals surface area contributed by atoms with Gasteiger partial charge in [-0.15, -0.1) is 0 Å². The summed E-state index contributed by atoms with van der Waals surface area (Å²) >= 11 is 0. The number of amides is 1. The number of hydrogen-bond acceptors (Lipinski definition) is 5. The number of nitrogens with one attached hydrogen (secondary N) is 1. The minimum absolute atomic E-state index is 0.106. The highest BCUT2D eigenvalue weighted by molar-refractivity contribution is 7.92. The van der Waals surface area contributed by atoms with Gasteiger partial charge in [0.1, 0.15) is 11.6 Å². The molecule has 0 atom stereocenters. The van der Waals surface area contributed by atoms with Crippen LogP contribution in [0, 0.1) is 5.82 Å². The lowest BCUT2D eigenvalue weighted by Crippen LogP contribution is -2.49. The number of sulfonamides is 1. The van der Waals surface area contributed by atoms with Crippen molar-refractivity contribution in [1.82, 2.24) is 9.88 Å². The number of halogens is 1. The molecule has 0 radical (unpaired) electrons. The molecule has 2 heterocycles. The Hall–Kier alpha value is -3.98. The van der Waals surface area contributed by atoms with Crippen LogP contribution in [0.25, 0.3) is 10.9 Å². The van der Waals surface area contributed by atoms with Crippen molar-refractivity contribution in [2.75, 3.05) is 35.8 Å². The third-order valence-corrected chi connectivity index (χ3v) is 7.35. The van der Waals surface area contributed by atoms with Gasteiger partial charge >= 0.3 is 0 Å². The first-order valence-electron chi connectivity index (χ1n) is 11.2. The van der Waals surface area contributed by atoms with Crippen LogP contribution in [0.4, 0.5) is 15.9 Å². The normalized spacial score (nSPS) is 14.2. The average Bonchev–Trinajstić information content (AvgIpc) is 2.89. The van der Waals surface area contributed by atoms with Crippen LogP contribution in [0.15, 0.2) is 89.8 Å². The number of pyridine rings is 1. The maximum atomic E-state index is 13.9. The number of para-hydroxylation sites is 2. The Morgan fingerprint density at radius 3 is 2.40 bits per heavy atom. The monoisotopic (exact) mass is 490 g/mol. The van der Waals surface area contributed by atoms with Gasteiger partial charge in [-0.2, -0.15) is 0 Å². The third kappa shape index (κ3) is 4.81. The summed E-state index contributed by atoms with van der Waals surface area (Å²) in [5, 5.41) is 1.07. The Balaban J connectivity index is 1.28. The van der Waals surface area contributed by atoms with Crippen molar-refractivity contribution in [3.63, 3.8) is 0 Å². The molecule has 0 spiro atoms. The molecule has 7 nitrogen and oxygen atoms in total. The van der Waals surface area contributed by atoms with E-state index < -0.39 is 15.8 Å². The second kappa shape index (κ2) is 9.34. The van der Waals surface area contributed by atoms with Crippen LogP contribution < -0.4 is 9.62 Å². The molecule has 0 bridgehead atoms. The SMILES string of the molecule is O=C(c1cccc(S(=O)(=O)Nc2ccccc2F)c1)N1CCN(c2ccc3ccccc3n2)CC1. The zero-order chi connectivity index (χ0) is 24.4. The highest BCUT2D eigenvalue weighted by atomic mass is 32.2. The molecule has 1 aliphatic rings. The standard InChI is InChI=1S/C26H23FN4O3S/c27-22-9-2-4-11-24(22)29-35(33,34)21-8-5-7-20(18-21)26(32)31-16-14-30(15-17-31)25-13-12-19-6-1-3-10-23(19)28-25/h1-13,18,29H,14-17H2. The lowest BCUT2D eigenvalue weighted by Gasteiger charge is -2.35. The molecule has 1 saturated heterocycles. The molecule has 4 aromatic rings. The molecule has 0 aliphatic carbocycles. The van der Waals surface area contributed by atoms with Crippen LogP contribution in [0.5, 0.6) is 0 Å². The van der Waals surface area contributed by atoms with Crippen molar-refractivity contribution in [2.45, 2.75) is 4.90 Å². The van der Waals surface area contributed by atoms with Gasteiger partial charge in [-0.1, -0.05) is 36.4 Å². The molecule has 1 N–H and O–H groups in total. The second-order valence-corrected chi connectivity index (χ2v) is 9.94. The number of fused-ring (bicyclic) bond motifs is 1. The van der Waals surface area contributed by atoms with E-state index in [1.54, 1.807) is 11.0 Å². The number of anilines is 2. The molecule has 1 aromatic heterocycles. The first kappa shape index (κ1) is 22.8. The van der Waals surface area contributed by atoms with E-state index in [-0.39, 0.29) is 22.1 Å². The summed E-state index contributed by atoms with van der Waals surface area (Å²) < 4.78 is 41.7. The van der Waals surface area contributed by atoms with Gasteiger partial charge in [0.15, 0.2) is 0 Å². The van der Waals surface area contributed by atoms with Gasteiger partial charge < -0.3 is 9.80 Å². The molecule has 35 heavy (non-hydrogen) atoms. The smallest absolute Gasteiger partial charge is 0.262 e.